The van der Waals surface area contributed by atoms with Crippen molar-refractivity contribution < 1.29 is 0 Å². The molecule has 1 aromatic rings. The normalized spacial score (nSPS) is 9.83. The van der Waals surface area contributed by atoms with E-state index in [0.29, 0.717) is 5.82 Å². The number of aromatic nitrogens is 2. The van der Waals surface area contributed by atoms with E-state index in [2.05, 4.69) is 22.2 Å². The lowest BCUT2D eigenvalue weighted by Crippen LogP contribution is -2.04. The zero-order valence-corrected chi connectivity index (χ0v) is 7.46. The molecule has 66 valence electrons. The number of hydrogen-bond acceptors (Lipinski definition) is 4. The molecular weight excluding hydrogens is 152 g/mol. The molecule has 0 aliphatic rings. The van der Waals surface area contributed by atoms with Crippen molar-refractivity contribution in [3.05, 3.63) is 11.9 Å². The van der Waals surface area contributed by atoms with E-state index in [1.54, 1.807) is 0 Å². The van der Waals surface area contributed by atoms with E-state index in [-0.39, 0.29) is 0 Å². The van der Waals surface area contributed by atoms with Crippen molar-refractivity contribution in [2.24, 2.45) is 0 Å². The molecule has 4 nitrogen and oxygen atoms in total. The Kier molecular flexibility index (Phi) is 2.85. The van der Waals surface area contributed by atoms with Crippen molar-refractivity contribution >= 4 is 11.6 Å². The molecule has 0 radical (unpaired) electrons. The van der Waals surface area contributed by atoms with Crippen molar-refractivity contribution in [3.8, 4) is 0 Å². The van der Waals surface area contributed by atoms with Crippen LogP contribution >= 0.6 is 0 Å². The fraction of sp³-hybridized carbons (Fsp3) is 0.500. The van der Waals surface area contributed by atoms with Gasteiger partial charge in [-0.15, -0.1) is 0 Å². The second-order valence-electron chi connectivity index (χ2n) is 2.59. The summed E-state index contributed by atoms with van der Waals surface area (Å²) in [6.07, 6.45) is 3.44. The van der Waals surface area contributed by atoms with Gasteiger partial charge in [-0.2, -0.15) is 0 Å². The van der Waals surface area contributed by atoms with Gasteiger partial charge in [0.05, 0.1) is 0 Å². The van der Waals surface area contributed by atoms with E-state index in [4.69, 9.17) is 5.73 Å². The van der Waals surface area contributed by atoms with Crippen LogP contribution in [0.4, 0.5) is 11.6 Å². The first-order valence-corrected chi connectivity index (χ1v) is 4.06. The van der Waals surface area contributed by atoms with Gasteiger partial charge < -0.3 is 11.1 Å². The van der Waals surface area contributed by atoms with Gasteiger partial charge in [-0.3, -0.25) is 0 Å². The molecule has 1 heterocycles. The number of rotatable bonds is 3. The van der Waals surface area contributed by atoms with Crippen LogP contribution in [0.25, 0.3) is 0 Å². The maximum atomic E-state index is 5.69. The van der Waals surface area contributed by atoms with Crippen LogP contribution < -0.4 is 11.1 Å². The molecule has 0 bridgehead atoms. The predicted molar refractivity (Wildman–Crippen MR) is 50.0 cm³/mol. The van der Waals surface area contributed by atoms with Crippen LogP contribution in [-0.4, -0.2) is 17.0 Å². The molecule has 0 aromatic carbocycles. The van der Waals surface area contributed by atoms with E-state index in [1.807, 2.05) is 7.05 Å². The lowest BCUT2D eigenvalue weighted by molar-refractivity contribution is 0.907. The Labute approximate surface area is 72.2 Å². The van der Waals surface area contributed by atoms with Crippen molar-refractivity contribution in [1.29, 1.82) is 0 Å². The number of hydrogen-bond donors (Lipinski definition) is 2. The number of nitrogens with zero attached hydrogens (tertiary/aromatic N) is 2. The topological polar surface area (TPSA) is 63.8 Å². The fourth-order valence-electron chi connectivity index (χ4n) is 1.14. The number of nitrogens with one attached hydrogen (secondary N) is 1. The van der Waals surface area contributed by atoms with Gasteiger partial charge in [0.15, 0.2) is 0 Å². The maximum Gasteiger partial charge on any atom is 0.134 e. The van der Waals surface area contributed by atoms with E-state index in [9.17, 15) is 0 Å². The van der Waals surface area contributed by atoms with Crippen LogP contribution in [0.2, 0.25) is 0 Å². The molecule has 0 saturated carbocycles. The van der Waals surface area contributed by atoms with Gasteiger partial charge in [-0.25, -0.2) is 9.97 Å². The standard InChI is InChI=1S/C8H14N4/c1-3-4-6-7(9)11-5-12-8(6)10-2/h5H,3-4H2,1-2H3,(H3,9,10,11,12). The van der Waals surface area contributed by atoms with Gasteiger partial charge in [0, 0.05) is 12.6 Å². The zero-order chi connectivity index (χ0) is 8.97. The minimum atomic E-state index is 0.580. The summed E-state index contributed by atoms with van der Waals surface area (Å²) in [5.41, 5.74) is 6.71. The summed E-state index contributed by atoms with van der Waals surface area (Å²) < 4.78 is 0. The highest BCUT2D eigenvalue weighted by Crippen LogP contribution is 2.17. The number of nitrogen functional groups attached to an aromatic ring is 1. The molecule has 3 N–H and O–H groups in total. The molecule has 12 heavy (non-hydrogen) atoms. The lowest BCUT2D eigenvalue weighted by Gasteiger charge is -2.07. The highest BCUT2D eigenvalue weighted by Gasteiger charge is 2.05. The van der Waals surface area contributed by atoms with Crippen LogP contribution in [0.3, 0.4) is 0 Å². The van der Waals surface area contributed by atoms with E-state index in [1.165, 1.54) is 6.33 Å². The smallest absolute Gasteiger partial charge is 0.134 e. The van der Waals surface area contributed by atoms with Gasteiger partial charge in [-0.1, -0.05) is 13.3 Å². The Morgan fingerprint density at radius 2 is 2.25 bits per heavy atom. The lowest BCUT2D eigenvalue weighted by atomic mass is 10.1. The first kappa shape index (κ1) is 8.77. The average molecular weight is 166 g/mol. The third-order valence-corrected chi connectivity index (χ3v) is 1.72. The quantitative estimate of drug-likeness (QED) is 0.704. The molecule has 0 amide bonds. The summed E-state index contributed by atoms with van der Waals surface area (Å²) in [5, 5.41) is 2.99. The summed E-state index contributed by atoms with van der Waals surface area (Å²) in [7, 11) is 1.83. The number of nitrogens with two attached hydrogens (primary N) is 1. The van der Waals surface area contributed by atoms with Gasteiger partial charge in [-0.05, 0) is 6.42 Å². The minimum Gasteiger partial charge on any atom is -0.383 e. The molecule has 0 unspecified atom stereocenters. The second kappa shape index (κ2) is 3.90. The zero-order valence-electron chi connectivity index (χ0n) is 7.46. The first-order valence-electron chi connectivity index (χ1n) is 4.06. The van der Waals surface area contributed by atoms with Crippen molar-refractivity contribution in [3.63, 3.8) is 0 Å². The van der Waals surface area contributed by atoms with Crippen LogP contribution in [0.5, 0.6) is 0 Å². The molecule has 0 aliphatic heterocycles. The highest BCUT2D eigenvalue weighted by molar-refractivity contribution is 5.54. The predicted octanol–water partition coefficient (Wildman–Crippen LogP) is 1.05. The van der Waals surface area contributed by atoms with Crippen LogP contribution in [0.15, 0.2) is 6.33 Å². The summed E-state index contributed by atoms with van der Waals surface area (Å²) >= 11 is 0. The molecular formula is C8H14N4. The van der Waals surface area contributed by atoms with Crippen LogP contribution in [-0.2, 0) is 6.42 Å². The van der Waals surface area contributed by atoms with Gasteiger partial charge in [0.2, 0.25) is 0 Å². The number of anilines is 2. The summed E-state index contributed by atoms with van der Waals surface area (Å²) in [5.74, 6) is 1.42. The van der Waals surface area contributed by atoms with Crippen molar-refractivity contribution in [2.45, 2.75) is 19.8 Å². The highest BCUT2D eigenvalue weighted by atomic mass is 15.0. The molecule has 0 atom stereocenters. The Morgan fingerprint density at radius 1 is 1.50 bits per heavy atom. The Balaban J connectivity index is 3.02. The third-order valence-electron chi connectivity index (χ3n) is 1.72. The largest absolute Gasteiger partial charge is 0.383 e. The van der Waals surface area contributed by atoms with E-state index >= 15 is 0 Å². The molecule has 0 aliphatic carbocycles. The third kappa shape index (κ3) is 1.64. The fourth-order valence-corrected chi connectivity index (χ4v) is 1.14. The Morgan fingerprint density at radius 3 is 2.83 bits per heavy atom. The molecule has 1 rings (SSSR count). The monoisotopic (exact) mass is 166 g/mol. The average Bonchev–Trinajstić information content (AvgIpc) is 2.09. The maximum absolute atomic E-state index is 5.69. The molecule has 0 saturated heterocycles. The Bertz CT molecular complexity index is 259. The minimum absolute atomic E-state index is 0.580. The van der Waals surface area contributed by atoms with E-state index in [0.717, 1.165) is 24.2 Å². The van der Waals surface area contributed by atoms with Crippen LogP contribution in [0, 0.1) is 0 Å². The SMILES string of the molecule is CCCc1c(N)ncnc1NC. The molecule has 4 heteroatoms. The summed E-state index contributed by atoms with van der Waals surface area (Å²) in [6, 6.07) is 0. The molecule has 1 aromatic heterocycles. The van der Waals surface area contributed by atoms with Gasteiger partial charge in [0.25, 0.3) is 0 Å². The van der Waals surface area contributed by atoms with Crippen LogP contribution in [0.1, 0.15) is 18.9 Å². The second-order valence-corrected chi connectivity index (χ2v) is 2.59. The van der Waals surface area contributed by atoms with Crippen molar-refractivity contribution in [1.82, 2.24) is 9.97 Å². The van der Waals surface area contributed by atoms with Crippen molar-refractivity contribution in [2.75, 3.05) is 18.1 Å². The van der Waals surface area contributed by atoms with Gasteiger partial charge in [0.1, 0.15) is 18.0 Å². The van der Waals surface area contributed by atoms with E-state index < -0.39 is 0 Å². The molecule has 0 fully saturated rings. The first-order chi connectivity index (χ1) is 5.79. The molecule has 0 spiro atoms. The Hall–Kier alpha value is -1.32. The summed E-state index contributed by atoms with van der Waals surface area (Å²) in [4.78, 5) is 8.01. The van der Waals surface area contributed by atoms with Gasteiger partial charge >= 0.3 is 0 Å². The summed E-state index contributed by atoms with van der Waals surface area (Å²) in [6.45, 7) is 2.10.